The minimum Gasteiger partial charge on any atom is -0.315 e. The Morgan fingerprint density at radius 3 is 2.73 bits per heavy atom. The third kappa shape index (κ3) is 3.51. The number of rotatable bonds is 5. The van der Waals surface area contributed by atoms with E-state index in [2.05, 4.69) is 10.3 Å². The zero-order valence-corrected chi connectivity index (χ0v) is 13.1. The molecule has 1 N–H and O–H groups in total. The number of nitrogens with one attached hydrogen (secondary N) is 1. The molecule has 0 bridgehead atoms. The van der Waals surface area contributed by atoms with Crippen molar-refractivity contribution >= 4 is 34.0 Å². The number of benzene rings is 1. The van der Waals surface area contributed by atoms with Gasteiger partial charge in [0, 0.05) is 24.0 Å². The van der Waals surface area contributed by atoms with Crippen LogP contribution >= 0.6 is 11.3 Å². The lowest BCUT2D eigenvalue weighted by atomic mass is 10.2. The van der Waals surface area contributed by atoms with Crippen LogP contribution in [0.15, 0.2) is 35.7 Å². The summed E-state index contributed by atoms with van der Waals surface area (Å²) >= 11 is 1.36. The maximum absolute atomic E-state index is 12.3. The second kappa shape index (κ2) is 6.27. The lowest BCUT2D eigenvalue weighted by Crippen LogP contribution is -2.27. The summed E-state index contributed by atoms with van der Waals surface area (Å²) in [4.78, 5) is 29.9. The molecule has 1 aliphatic rings. The maximum atomic E-state index is 12.3. The highest BCUT2D eigenvalue weighted by Crippen LogP contribution is 2.30. The fourth-order valence-corrected chi connectivity index (χ4v) is 2.78. The molecule has 2 amide bonds. The van der Waals surface area contributed by atoms with Gasteiger partial charge in [-0.05, 0) is 25.0 Å². The molecule has 114 valence electrons. The summed E-state index contributed by atoms with van der Waals surface area (Å²) in [6, 6.07) is 9.48. The van der Waals surface area contributed by atoms with Crippen LogP contribution < -0.4 is 10.2 Å². The molecule has 0 aliphatic heterocycles. The number of anilines is 2. The van der Waals surface area contributed by atoms with Crippen LogP contribution in [0.2, 0.25) is 0 Å². The van der Waals surface area contributed by atoms with Gasteiger partial charge in [0.15, 0.2) is 5.13 Å². The SMILES string of the molecule is CN(C(=O)Cc1csc(NC(=O)C2CC2)n1)c1ccccc1. The standard InChI is InChI=1S/C16H17N3O2S/c1-19(13-5-3-2-4-6-13)14(20)9-12-10-22-16(17-12)18-15(21)11-7-8-11/h2-6,10-11H,7-9H2,1H3,(H,17,18,21). The van der Waals surface area contributed by atoms with Gasteiger partial charge < -0.3 is 10.2 Å². The number of hydrogen-bond acceptors (Lipinski definition) is 4. The van der Waals surface area contributed by atoms with Crippen molar-refractivity contribution in [3.05, 3.63) is 41.4 Å². The Morgan fingerprint density at radius 2 is 2.05 bits per heavy atom. The Labute approximate surface area is 133 Å². The van der Waals surface area contributed by atoms with Crippen LogP contribution in [-0.4, -0.2) is 23.8 Å². The fraction of sp³-hybridized carbons (Fsp3) is 0.312. The maximum Gasteiger partial charge on any atom is 0.232 e. The lowest BCUT2D eigenvalue weighted by Gasteiger charge is -2.16. The number of likely N-dealkylation sites (N-methyl/N-ethyl adjacent to an activating group) is 1. The van der Waals surface area contributed by atoms with Crippen molar-refractivity contribution in [3.63, 3.8) is 0 Å². The predicted octanol–water partition coefficient (Wildman–Crippen LogP) is 2.70. The number of amides is 2. The Balaban J connectivity index is 1.59. The highest BCUT2D eigenvalue weighted by Gasteiger charge is 2.30. The van der Waals surface area contributed by atoms with E-state index in [9.17, 15) is 9.59 Å². The number of carbonyl (C=O) groups is 2. The molecule has 1 aliphatic carbocycles. The monoisotopic (exact) mass is 315 g/mol. The zero-order chi connectivity index (χ0) is 15.5. The Bertz CT molecular complexity index is 680. The van der Waals surface area contributed by atoms with Crippen LogP contribution in [-0.2, 0) is 16.0 Å². The minimum absolute atomic E-state index is 0.0310. The molecule has 3 rings (SSSR count). The number of carbonyl (C=O) groups excluding carboxylic acids is 2. The lowest BCUT2D eigenvalue weighted by molar-refractivity contribution is -0.118. The molecule has 2 aromatic rings. The van der Waals surface area contributed by atoms with Crippen LogP contribution in [0.4, 0.5) is 10.8 Å². The Hall–Kier alpha value is -2.21. The predicted molar refractivity (Wildman–Crippen MR) is 87.0 cm³/mol. The van der Waals surface area contributed by atoms with Crippen molar-refractivity contribution in [2.45, 2.75) is 19.3 Å². The normalized spacial score (nSPS) is 13.7. The average molecular weight is 315 g/mol. The van der Waals surface area contributed by atoms with Crippen LogP contribution in [0.3, 0.4) is 0 Å². The number of thiazole rings is 1. The summed E-state index contributed by atoms with van der Waals surface area (Å²) in [6.07, 6.45) is 2.15. The van der Waals surface area contributed by atoms with Crippen molar-refractivity contribution in [2.75, 3.05) is 17.3 Å². The zero-order valence-electron chi connectivity index (χ0n) is 12.3. The molecular weight excluding hydrogens is 298 g/mol. The molecule has 22 heavy (non-hydrogen) atoms. The summed E-state index contributed by atoms with van der Waals surface area (Å²) < 4.78 is 0. The highest BCUT2D eigenvalue weighted by molar-refractivity contribution is 7.13. The molecule has 1 fully saturated rings. The van der Waals surface area contributed by atoms with Crippen LogP contribution in [0.5, 0.6) is 0 Å². The van der Waals surface area contributed by atoms with Gasteiger partial charge in [-0.3, -0.25) is 9.59 Å². The van der Waals surface area contributed by atoms with Gasteiger partial charge in [-0.1, -0.05) is 18.2 Å². The first-order chi connectivity index (χ1) is 10.6. The Morgan fingerprint density at radius 1 is 1.32 bits per heavy atom. The van der Waals surface area contributed by atoms with Crippen molar-refractivity contribution in [2.24, 2.45) is 5.92 Å². The summed E-state index contributed by atoms with van der Waals surface area (Å²) in [7, 11) is 1.75. The molecular formula is C16H17N3O2S. The third-order valence-electron chi connectivity index (χ3n) is 3.58. The topological polar surface area (TPSA) is 62.3 Å². The van der Waals surface area contributed by atoms with E-state index in [1.807, 2.05) is 35.7 Å². The second-order valence-corrected chi connectivity index (χ2v) is 6.23. The van der Waals surface area contributed by atoms with Gasteiger partial charge in [-0.25, -0.2) is 4.98 Å². The van der Waals surface area contributed by atoms with Crippen LogP contribution in [0, 0.1) is 5.92 Å². The number of aromatic nitrogens is 1. The van der Waals surface area contributed by atoms with Crippen LogP contribution in [0.25, 0.3) is 0 Å². The molecule has 1 saturated carbocycles. The fourth-order valence-electron chi connectivity index (χ4n) is 2.07. The summed E-state index contributed by atoms with van der Waals surface area (Å²) in [5.74, 6) is 0.156. The Kier molecular flexibility index (Phi) is 4.20. The second-order valence-electron chi connectivity index (χ2n) is 5.37. The third-order valence-corrected chi connectivity index (χ3v) is 4.39. The minimum atomic E-state index is -0.0310. The molecule has 1 aromatic heterocycles. The average Bonchev–Trinajstić information content (AvgIpc) is 3.30. The van der Waals surface area contributed by atoms with E-state index in [-0.39, 0.29) is 24.2 Å². The van der Waals surface area contributed by atoms with Gasteiger partial charge in [0.2, 0.25) is 11.8 Å². The first-order valence-corrected chi connectivity index (χ1v) is 8.08. The molecule has 6 heteroatoms. The summed E-state index contributed by atoms with van der Waals surface area (Å²) in [6.45, 7) is 0. The van der Waals surface area contributed by atoms with Gasteiger partial charge in [0.25, 0.3) is 0 Å². The van der Waals surface area contributed by atoms with Gasteiger partial charge in [0.1, 0.15) is 0 Å². The first-order valence-electron chi connectivity index (χ1n) is 7.20. The summed E-state index contributed by atoms with van der Waals surface area (Å²) in [5.41, 5.74) is 1.54. The molecule has 0 unspecified atom stereocenters. The molecule has 0 saturated heterocycles. The number of hydrogen-bond donors (Lipinski definition) is 1. The van der Waals surface area contributed by atoms with Gasteiger partial charge >= 0.3 is 0 Å². The molecule has 5 nitrogen and oxygen atoms in total. The van der Waals surface area contributed by atoms with Gasteiger partial charge in [0.05, 0.1) is 12.1 Å². The molecule has 1 heterocycles. The molecule has 0 atom stereocenters. The molecule has 0 spiro atoms. The van der Waals surface area contributed by atoms with Crippen molar-refractivity contribution < 1.29 is 9.59 Å². The molecule has 0 radical (unpaired) electrons. The van der Waals surface area contributed by atoms with Crippen molar-refractivity contribution in [3.8, 4) is 0 Å². The van der Waals surface area contributed by atoms with E-state index >= 15 is 0 Å². The van der Waals surface area contributed by atoms with Crippen molar-refractivity contribution in [1.82, 2.24) is 4.98 Å². The van der Waals surface area contributed by atoms with E-state index < -0.39 is 0 Å². The van der Waals surface area contributed by atoms with Gasteiger partial charge in [-0.15, -0.1) is 11.3 Å². The number of para-hydroxylation sites is 1. The van der Waals surface area contributed by atoms with E-state index in [0.717, 1.165) is 18.5 Å². The highest BCUT2D eigenvalue weighted by atomic mass is 32.1. The molecule has 1 aromatic carbocycles. The smallest absolute Gasteiger partial charge is 0.232 e. The quantitative estimate of drug-likeness (QED) is 0.923. The van der Waals surface area contributed by atoms with Crippen molar-refractivity contribution in [1.29, 1.82) is 0 Å². The van der Waals surface area contributed by atoms with E-state index in [1.165, 1.54) is 11.3 Å². The van der Waals surface area contributed by atoms with E-state index in [1.54, 1.807) is 11.9 Å². The largest absolute Gasteiger partial charge is 0.315 e. The van der Waals surface area contributed by atoms with E-state index in [4.69, 9.17) is 0 Å². The van der Waals surface area contributed by atoms with Crippen LogP contribution in [0.1, 0.15) is 18.5 Å². The van der Waals surface area contributed by atoms with E-state index in [0.29, 0.717) is 10.8 Å². The number of nitrogens with zero attached hydrogens (tertiary/aromatic N) is 2. The van der Waals surface area contributed by atoms with Gasteiger partial charge in [-0.2, -0.15) is 0 Å². The summed E-state index contributed by atoms with van der Waals surface area (Å²) in [5, 5.41) is 5.19. The first kappa shape index (κ1) is 14.7.